The summed E-state index contributed by atoms with van der Waals surface area (Å²) in [5, 5.41) is 14.6. The molecule has 0 bridgehead atoms. The fourth-order valence-electron chi connectivity index (χ4n) is 2.43. The SMILES string of the molecule is C=CC(=O)Nc1cccc(OC(=O)Nc2ccnc(Nc3cnn(CC(=O)NC)c3)n2)c1. The summed E-state index contributed by atoms with van der Waals surface area (Å²) in [6, 6.07) is 7.81. The van der Waals surface area contributed by atoms with E-state index in [-0.39, 0.29) is 35.9 Å². The van der Waals surface area contributed by atoms with Gasteiger partial charge in [-0.15, -0.1) is 0 Å². The number of nitrogens with zero attached hydrogens (tertiary/aromatic N) is 4. The Morgan fingerprint density at radius 2 is 2.03 bits per heavy atom. The van der Waals surface area contributed by atoms with E-state index >= 15 is 0 Å². The quantitative estimate of drug-likeness (QED) is 0.391. The van der Waals surface area contributed by atoms with Crippen LogP contribution in [0.25, 0.3) is 0 Å². The molecule has 0 aliphatic rings. The molecule has 0 saturated heterocycles. The van der Waals surface area contributed by atoms with Gasteiger partial charge in [0.05, 0.1) is 11.9 Å². The van der Waals surface area contributed by atoms with Crippen molar-refractivity contribution in [2.75, 3.05) is 23.0 Å². The van der Waals surface area contributed by atoms with Crippen molar-refractivity contribution in [3.05, 3.63) is 61.6 Å². The maximum absolute atomic E-state index is 12.2. The average molecular weight is 436 g/mol. The van der Waals surface area contributed by atoms with Crippen LogP contribution in [-0.4, -0.2) is 44.7 Å². The van der Waals surface area contributed by atoms with Crippen LogP contribution in [0.3, 0.4) is 0 Å². The van der Waals surface area contributed by atoms with Gasteiger partial charge in [0.2, 0.25) is 17.8 Å². The first-order valence-corrected chi connectivity index (χ1v) is 9.30. The van der Waals surface area contributed by atoms with Crippen molar-refractivity contribution in [3.8, 4) is 5.75 Å². The van der Waals surface area contributed by atoms with E-state index in [9.17, 15) is 14.4 Å². The zero-order valence-corrected chi connectivity index (χ0v) is 17.0. The summed E-state index contributed by atoms with van der Waals surface area (Å²) in [5.74, 6) is 0.0547. The van der Waals surface area contributed by atoms with Gasteiger partial charge in [-0.1, -0.05) is 12.6 Å². The zero-order chi connectivity index (χ0) is 22.9. The highest BCUT2D eigenvalue weighted by atomic mass is 16.6. The molecule has 12 nitrogen and oxygen atoms in total. The molecule has 0 radical (unpaired) electrons. The molecule has 12 heteroatoms. The minimum absolute atomic E-state index is 0.0743. The maximum atomic E-state index is 12.2. The van der Waals surface area contributed by atoms with Crippen molar-refractivity contribution >= 4 is 41.0 Å². The molecule has 0 saturated carbocycles. The monoisotopic (exact) mass is 436 g/mol. The van der Waals surface area contributed by atoms with Gasteiger partial charge in [-0.3, -0.25) is 19.6 Å². The van der Waals surface area contributed by atoms with Crippen LogP contribution in [0.4, 0.5) is 27.9 Å². The smallest absolute Gasteiger partial charge is 0.410 e. The maximum Gasteiger partial charge on any atom is 0.418 e. The van der Waals surface area contributed by atoms with Crippen molar-refractivity contribution in [2.45, 2.75) is 6.54 Å². The minimum Gasteiger partial charge on any atom is -0.410 e. The number of carbonyl (C=O) groups is 3. The van der Waals surface area contributed by atoms with Crippen molar-refractivity contribution in [3.63, 3.8) is 0 Å². The topological polar surface area (TPSA) is 152 Å². The summed E-state index contributed by atoms with van der Waals surface area (Å²) >= 11 is 0. The Kier molecular flexibility index (Phi) is 7.09. The number of rotatable bonds is 8. The molecule has 3 rings (SSSR count). The average Bonchev–Trinajstić information content (AvgIpc) is 3.20. The molecule has 2 aromatic heterocycles. The number of nitrogens with one attached hydrogen (secondary N) is 4. The molecular formula is C20H20N8O4. The van der Waals surface area contributed by atoms with Crippen LogP contribution in [0, 0.1) is 0 Å². The van der Waals surface area contributed by atoms with Gasteiger partial charge in [-0.25, -0.2) is 9.78 Å². The van der Waals surface area contributed by atoms with Gasteiger partial charge < -0.3 is 20.7 Å². The molecular weight excluding hydrogens is 416 g/mol. The second kappa shape index (κ2) is 10.3. The number of aromatic nitrogens is 4. The molecule has 2 heterocycles. The van der Waals surface area contributed by atoms with Crippen LogP contribution in [-0.2, 0) is 16.1 Å². The molecule has 0 fully saturated rings. The number of benzene rings is 1. The largest absolute Gasteiger partial charge is 0.418 e. The Balaban J connectivity index is 1.59. The molecule has 0 aliphatic carbocycles. The molecule has 1 aromatic carbocycles. The normalized spacial score (nSPS) is 10.0. The number of carbonyl (C=O) groups excluding carboxylic acids is 3. The lowest BCUT2D eigenvalue weighted by Crippen LogP contribution is -2.23. The van der Waals surface area contributed by atoms with E-state index < -0.39 is 6.09 Å². The summed E-state index contributed by atoms with van der Waals surface area (Å²) < 4.78 is 6.67. The number of hydrogen-bond donors (Lipinski definition) is 4. The van der Waals surface area contributed by atoms with Gasteiger partial charge in [-0.2, -0.15) is 10.1 Å². The Hall–Kier alpha value is -4.74. The highest BCUT2D eigenvalue weighted by molar-refractivity contribution is 5.99. The van der Waals surface area contributed by atoms with E-state index in [1.54, 1.807) is 31.4 Å². The van der Waals surface area contributed by atoms with Crippen LogP contribution in [0.15, 0.2) is 61.6 Å². The first-order valence-electron chi connectivity index (χ1n) is 9.30. The van der Waals surface area contributed by atoms with Gasteiger partial charge >= 0.3 is 6.09 Å². The second-order valence-corrected chi connectivity index (χ2v) is 6.23. The molecule has 0 atom stereocenters. The molecule has 0 aliphatic heterocycles. The molecule has 3 aromatic rings. The van der Waals surface area contributed by atoms with E-state index in [2.05, 4.69) is 42.9 Å². The zero-order valence-electron chi connectivity index (χ0n) is 17.0. The van der Waals surface area contributed by atoms with Crippen molar-refractivity contribution in [1.29, 1.82) is 0 Å². The van der Waals surface area contributed by atoms with Gasteiger partial charge in [-0.05, 0) is 24.3 Å². The number of amides is 3. The predicted molar refractivity (Wildman–Crippen MR) is 117 cm³/mol. The molecule has 4 N–H and O–H groups in total. The fourth-order valence-corrected chi connectivity index (χ4v) is 2.43. The van der Waals surface area contributed by atoms with Gasteiger partial charge in [0, 0.05) is 31.2 Å². The van der Waals surface area contributed by atoms with Crippen molar-refractivity contribution < 1.29 is 19.1 Å². The third-order valence-corrected chi connectivity index (χ3v) is 3.86. The van der Waals surface area contributed by atoms with Crippen LogP contribution in [0.1, 0.15) is 0 Å². The first-order chi connectivity index (χ1) is 15.4. The summed E-state index contributed by atoms with van der Waals surface area (Å²) in [4.78, 5) is 43.3. The molecule has 0 unspecified atom stereocenters. The summed E-state index contributed by atoms with van der Waals surface area (Å²) in [6.07, 6.45) is 4.93. The lowest BCUT2D eigenvalue weighted by molar-refractivity contribution is -0.121. The van der Waals surface area contributed by atoms with E-state index in [0.717, 1.165) is 6.08 Å². The van der Waals surface area contributed by atoms with Gasteiger partial charge in [0.25, 0.3) is 0 Å². The van der Waals surface area contributed by atoms with E-state index in [4.69, 9.17) is 4.74 Å². The Bertz CT molecular complexity index is 1140. The highest BCUT2D eigenvalue weighted by Gasteiger charge is 2.09. The van der Waals surface area contributed by atoms with Gasteiger partial charge in [0.15, 0.2) is 0 Å². The number of anilines is 4. The van der Waals surface area contributed by atoms with Gasteiger partial charge in [0.1, 0.15) is 18.1 Å². The van der Waals surface area contributed by atoms with Crippen LogP contribution in [0.2, 0.25) is 0 Å². The van der Waals surface area contributed by atoms with Crippen LogP contribution in [0.5, 0.6) is 5.75 Å². The summed E-state index contributed by atoms with van der Waals surface area (Å²) in [7, 11) is 1.54. The standard InChI is InChI=1S/C20H20N8O4/c1-3-17(29)24-13-5-4-6-15(9-13)32-20(31)27-16-7-8-22-19(26-16)25-14-10-23-28(11-14)12-18(30)21-2/h3-11H,1,12H2,2H3,(H,21,30)(H,24,29)(H2,22,25,26,27,31). The van der Waals surface area contributed by atoms with Crippen LogP contribution >= 0.6 is 0 Å². The lowest BCUT2D eigenvalue weighted by Gasteiger charge is -2.09. The third kappa shape index (κ3) is 6.38. The molecule has 0 spiro atoms. The minimum atomic E-state index is -0.778. The van der Waals surface area contributed by atoms with E-state index in [1.807, 2.05) is 0 Å². The predicted octanol–water partition coefficient (Wildman–Crippen LogP) is 1.90. The molecule has 164 valence electrons. The Morgan fingerprint density at radius 1 is 1.19 bits per heavy atom. The van der Waals surface area contributed by atoms with Crippen molar-refractivity contribution in [2.24, 2.45) is 0 Å². The lowest BCUT2D eigenvalue weighted by atomic mass is 10.3. The number of likely N-dealkylation sites (N-methyl/N-ethyl adjacent to an activating group) is 1. The number of ether oxygens (including phenoxy) is 1. The molecule has 3 amide bonds. The first kappa shape index (κ1) is 22.0. The second-order valence-electron chi connectivity index (χ2n) is 6.23. The summed E-state index contributed by atoms with van der Waals surface area (Å²) in [5.41, 5.74) is 1.01. The Morgan fingerprint density at radius 3 is 2.81 bits per heavy atom. The molecule has 32 heavy (non-hydrogen) atoms. The Labute approximate surface area is 182 Å². The number of hydrogen-bond acceptors (Lipinski definition) is 8. The fraction of sp³-hybridized carbons (Fsp3) is 0.100. The van der Waals surface area contributed by atoms with Crippen molar-refractivity contribution in [1.82, 2.24) is 25.1 Å². The third-order valence-electron chi connectivity index (χ3n) is 3.86. The van der Waals surface area contributed by atoms with Crippen LogP contribution < -0.4 is 26.0 Å². The summed E-state index contributed by atoms with van der Waals surface area (Å²) in [6.45, 7) is 3.45. The highest BCUT2D eigenvalue weighted by Crippen LogP contribution is 2.18. The van der Waals surface area contributed by atoms with E-state index in [1.165, 1.54) is 29.2 Å². The van der Waals surface area contributed by atoms with E-state index in [0.29, 0.717) is 11.4 Å².